The van der Waals surface area contributed by atoms with Gasteiger partial charge in [0.25, 0.3) is 0 Å². The van der Waals surface area contributed by atoms with Gasteiger partial charge in [-0.3, -0.25) is 4.79 Å². The summed E-state index contributed by atoms with van der Waals surface area (Å²) < 4.78 is 0. The number of carbonyl (C=O) groups excluding carboxylic acids is 1. The molecule has 0 radical (unpaired) electrons. The van der Waals surface area contributed by atoms with Crippen LogP contribution in [0.5, 0.6) is 0 Å². The third kappa shape index (κ3) is 4.35. The second-order valence-electron chi connectivity index (χ2n) is 4.55. The van der Waals surface area contributed by atoms with Gasteiger partial charge in [0.2, 0.25) is 5.91 Å². The third-order valence-corrected chi connectivity index (χ3v) is 3.00. The highest BCUT2D eigenvalue weighted by molar-refractivity contribution is 5.83. The van der Waals surface area contributed by atoms with Crippen molar-refractivity contribution in [1.29, 1.82) is 0 Å². The van der Waals surface area contributed by atoms with Crippen LogP contribution in [0.4, 0.5) is 0 Å². The maximum Gasteiger partial charge on any atom is 0.244 e. The van der Waals surface area contributed by atoms with Crippen LogP contribution in [0, 0.1) is 0 Å². The zero-order chi connectivity index (χ0) is 14.2. The van der Waals surface area contributed by atoms with Gasteiger partial charge in [0.05, 0.1) is 12.6 Å². The van der Waals surface area contributed by atoms with Crippen molar-refractivity contribution in [3.05, 3.63) is 71.3 Å². The van der Waals surface area contributed by atoms with Gasteiger partial charge < -0.3 is 0 Å². The lowest BCUT2D eigenvalue weighted by molar-refractivity contribution is -0.120. The maximum absolute atomic E-state index is 11.7. The molecule has 0 unspecified atom stereocenters. The van der Waals surface area contributed by atoms with Crippen molar-refractivity contribution >= 4 is 12.1 Å². The molecule has 2 aromatic carbocycles. The molecule has 0 fully saturated rings. The quantitative estimate of drug-likeness (QED) is 0.656. The summed E-state index contributed by atoms with van der Waals surface area (Å²) in [7, 11) is 0. The third-order valence-electron chi connectivity index (χ3n) is 3.00. The first kappa shape index (κ1) is 14.0. The predicted octanol–water partition coefficient (Wildman–Crippen LogP) is 2.94. The molecule has 1 amide bonds. The molecule has 0 bridgehead atoms. The molecule has 0 saturated carbocycles. The lowest BCUT2D eigenvalue weighted by Crippen LogP contribution is -2.19. The van der Waals surface area contributed by atoms with E-state index in [1.54, 1.807) is 6.21 Å². The number of amides is 1. The van der Waals surface area contributed by atoms with Crippen LogP contribution in [-0.2, 0) is 17.6 Å². The van der Waals surface area contributed by atoms with Gasteiger partial charge in [-0.15, -0.1) is 0 Å². The number of rotatable bonds is 5. The Morgan fingerprint density at radius 2 is 1.70 bits per heavy atom. The van der Waals surface area contributed by atoms with Crippen LogP contribution in [-0.4, -0.2) is 12.1 Å². The van der Waals surface area contributed by atoms with Crippen molar-refractivity contribution < 1.29 is 4.79 Å². The Morgan fingerprint density at radius 3 is 2.35 bits per heavy atom. The summed E-state index contributed by atoms with van der Waals surface area (Å²) in [6.45, 7) is 2.11. The molecule has 0 heterocycles. The molecular formula is C17H18N2O. The Kier molecular flexibility index (Phi) is 5.07. The molecule has 20 heavy (non-hydrogen) atoms. The molecule has 2 rings (SSSR count). The van der Waals surface area contributed by atoms with E-state index < -0.39 is 0 Å². The first-order chi connectivity index (χ1) is 9.78. The Balaban J connectivity index is 1.84. The monoisotopic (exact) mass is 266 g/mol. The molecule has 0 saturated heterocycles. The number of nitrogens with zero attached hydrogens (tertiary/aromatic N) is 1. The topological polar surface area (TPSA) is 41.5 Å². The van der Waals surface area contributed by atoms with Gasteiger partial charge in [0.1, 0.15) is 0 Å². The van der Waals surface area contributed by atoms with Crippen LogP contribution in [0.15, 0.2) is 59.7 Å². The van der Waals surface area contributed by atoms with E-state index in [0.29, 0.717) is 6.42 Å². The number of benzene rings is 2. The molecule has 2 aromatic rings. The predicted molar refractivity (Wildman–Crippen MR) is 81.7 cm³/mol. The van der Waals surface area contributed by atoms with E-state index in [0.717, 1.165) is 17.5 Å². The van der Waals surface area contributed by atoms with E-state index in [2.05, 4.69) is 29.6 Å². The Bertz CT molecular complexity index is 574. The van der Waals surface area contributed by atoms with Crippen molar-refractivity contribution in [3.63, 3.8) is 0 Å². The summed E-state index contributed by atoms with van der Waals surface area (Å²) in [5.41, 5.74) is 5.77. The smallest absolute Gasteiger partial charge is 0.244 e. The normalized spacial score (nSPS) is 10.7. The average Bonchev–Trinajstić information content (AvgIpc) is 2.49. The van der Waals surface area contributed by atoms with Crippen LogP contribution < -0.4 is 5.43 Å². The molecule has 1 N–H and O–H groups in total. The van der Waals surface area contributed by atoms with Gasteiger partial charge in [-0.25, -0.2) is 5.43 Å². The van der Waals surface area contributed by atoms with E-state index in [-0.39, 0.29) is 5.91 Å². The molecule has 0 aliphatic carbocycles. The van der Waals surface area contributed by atoms with E-state index in [4.69, 9.17) is 0 Å². The van der Waals surface area contributed by atoms with Crippen molar-refractivity contribution in [2.45, 2.75) is 19.8 Å². The largest absolute Gasteiger partial charge is 0.273 e. The van der Waals surface area contributed by atoms with Crippen molar-refractivity contribution in [2.24, 2.45) is 5.10 Å². The van der Waals surface area contributed by atoms with E-state index in [1.807, 2.05) is 42.5 Å². The summed E-state index contributed by atoms with van der Waals surface area (Å²) in [5, 5.41) is 3.95. The van der Waals surface area contributed by atoms with Gasteiger partial charge >= 0.3 is 0 Å². The van der Waals surface area contributed by atoms with Crippen molar-refractivity contribution in [1.82, 2.24) is 5.43 Å². The molecule has 0 atom stereocenters. The first-order valence-corrected chi connectivity index (χ1v) is 6.72. The Hall–Kier alpha value is -2.42. The van der Waals surface area contributed by atoms with Crippen LogP contribution in [0.3, 0.4) is 0 Å². The highest BCUT2D eigenvalue weighted by atomic mass is 16.2. The van der Waals surface area contributed by atoms with Crippen LogP contribution in [0.1, 0.15) is 23.6 Å². The Labute approximate surface area is 119 Å². The summed E-state index contributed by atoms with van der Waals surface area (Å²) >= 11 is 0. The second-order valence-corrected chi connectivity index (χ2v) is 4.55. The van der Waals surface area contributed by atoms with Gasteiger partial charge in [-0.2, -0.15) is 5.10 Å². The lowest BCUT2D eigenvalue weighted by Gasteiger charge is -2.02. The zero-order valence-corrected chi connectivity index (χ0v) is 11.5. The summed E-state index contributed by atoms with van der Waals surface area (Å²) in [6, 6.07) is 17.7. The average molecular weight is 266 g/mol. The van der Waals surface area contributed by atoms with Crippen LogP contribution in [0.25, 0.3) is 0 Å². The van der Waals surface area contributed by atoms with Crippen LogP contribution >= 0.6 is 0 Å². The molecule has 0 aromatic heterocycles. The SMILES string of the molecule is CCc1ccc(CC(=O)N/N=C\c2ccccc2)cc1. The fraction of sp³-hybridized carbons (Fsp3) is 0.176. The number of hydrogen-bond acceptors (Lipinski definition) is 2. The number of nitrogens with one attached hydrogen (secondary N) is 1. The van der Waals surface area contributed by atoms with Gasteiger partial charge in [-0.1, -0.05) is 61.5 Å². The van der Waals surface area contributed by atoms with Gasteiger partial charge in [-0.05, 0) is 23.1 Å². The minimum atomic E-state index is -0.110. The molecule has 3 heteroatoms. The standard InChI is InChI=1S/C17H18N2O/c1-2-14-8-10-15(11-9-14)12-17(20)19-18-13-16-6-4-3-5-7-16/h3-11,13H,2,12H2,1H3,(H,19,20)/b18-13-. The first-order valence-electron chi connectivity index (χ1n) is 6.72. The summed E-state index contributed by atoms with van der Waals surface area (Å²) in [5.74, 6) is -0.110. The van der Waals surface area contributed by atoms with Crippen molar-refractivity contribution in [2.75, 3.05) is 0 Å². The number of hydrazone groups is 1. The highest BCUT2D eigenvalue weighted by Gasteiger charge is 2.01. The molecule has 102 valence electrons. The second kappa shape index (κ2) is 7.24. The highest BCUT2D eigenvalue weighted by Crippen LogP contribution is 2.05. The zero-order valence-electron chi connectivity index (χ0n) is 11.5. The minimum absolute atomic E-state index is 0.110. The summed E-state index contributed by atoms with van der Waals surface area (Å²) in [4.78, 5) is 11.7. The molecular weight excluding hydrogens is 248 g/mol. The fourth-order valence-corrected chi connectivity index (χ4v) is 1.84. The van der Waals surface area contributed by atoms with Crippen molar-refractivity contribution in [3.8, 4) is 0 Å². The van der Waals surface area contributed by atoms with Gasteiger partial charge in [0, 0.05) is 0 Å². The van der Waals surface area contributed by atoms with Crippen LogP contribution in [0.2, 0.25) is 0 Å². The number of aryl methyl sites for hydroxylation is 1. The lowest BCUT2D eigenvalue weighted by atomic mass is 10.1. The molecule has 0 spiro atoms. The van der Waals surface area contributed by atoms with E-state index in [9.17, 15) is 4.79 Å². The maximum atomic E-state index is 11.7. The minimum Gasteiger partial charge on any atom is -0.273 e. The Morgan fingerprint density at radius 1 is 1.05 bits per heavy atom. The molecule has 0 aliphatic heterocycles. The number of carbonyl (C=O) groups is 1. The van der Waals surface area contributed by atoms with E-state index in [1.165, 1.54) is 5.56 Å². The van der Waals surface area contributed by atoms with E-state index >= 15 is 0 Å². The fourth-order valence-electron chi connectivity index (χ4n) is 1.84. The summed E-state index contributed by atoms with van der Waals surface area (Å²) in [6.07, 6.45) is 2.99. The number of hydrogen-bond donors (Lipinski definition) is 1. The molecule has 0 aliphatic rings. The molecule has 3 nitrogen and oxygen atoms in total. The van der Waals surface area contributed by atoms with Gasteiger partial charge in [0.15, 0.2) is 0 Å².